The third-order valence-corrected chi connectivity index (χ3v) is 6.32. The number of aryl methyl sites for hydroxylation is 1. The van der Waals surface area contributed by atoms with Gasteiger partial charge >= 0.3 is 0 Å². The van der Waals surface area contributed by atoms with Gasteiger partial charge in [0.25, 0.3) is 5.91 Å². The maximum Gasteiger partial charge on any atom is 0.275 e. The van der Waals surface area contributed by atoms with E-state index in [1.807, 2.05) is 0 Å². The molecule has 0 spiro atoms. The number of nitrogens with zero attached hydrogens (tertiary/aromatic N) is 3. The van der Waals surface area contributed by atoms with Crippen LogP contribution >= 0.6 is 11.6 Å². The minimum absolute atomic E-state index is 0.0715. The van der Waals surface area contributed by atoms with Gasteiger partial charge in [0.05, 0.1) is 5.69 Å². The summed E-state index contributed by atoms with van der Waals surface area (Å²) in [5, 5.41) is 7.93. The highest BCUT2D eigenvalue weighted by Gasteiger charge is 2.32. The first-order valence-electron chi connectivity index (χ1n) is 11.2. The van der Waals surface area contributed by atoms with Crippen LogP contribution in [0, 0.1) is 11.7 Å². The minimum Gasteiger partial charge on any atom is -0.488 e. The fourth-order valence-corrected chi connectivity index (χ4v) is 4.36. The Bertz CT molecular complexity index is 1270. The molecule has 0 unspecified atom stereocenters. The van der Waals surface area contributed by atoms with E-state index < -0.39 is 11.7 Å². The van der Waals surface area contributed by atoms with Crippen LogP contribution in [0.25, 0.3) is 11.3 Å². The summed E-state index contributed by atoms with van der Waals surface area (Å²) >= 11 is 6.20. The van der Waals surface area contributed by atoms with E-state index >= 15 is 0 Å². The van der Waals surface area contributed by atoms with Crippen LogP contribution in [0.15, 0.2) is 42.5 Å². The number of hydrogen-bond donors (Lipinski definition) is 1. The average molecular weight is 483 g/mol. The fraction of sp³-hybridized carbons (Fsp3) is 0.320. The van der Waals surface area contributed by atoms with Crippen molar-refractivity contribution in [3.63, 3.8) is 0 Å². The summed E-state index contributed by atoms with van der Waals surface area (Å²) in [6.45, 7) is 0.685. The average Bonchev–Trinajstić information content (AvgIpc) is 3.58. The lowest BCUT2D eigenvalue weighted by atomic mass is 10.0. The van der Waals surface area contributed by atoms with Crippen molar-refractivity contribution in [1.82, 2.24) is 20.0 Å². The summed E-state index contributed by atoms with van der Waals surface area (Å²) in [7, 11) is 1.75. The molecule has 1 N–H and O–H groups in total. The topological polar surface area (TPSA) is 76.5 Å². The normalized spacial score (nSPS) is 14.1. The van der Waals surface area contributed by atoms with Gasteiger partial charge in [-0.05, 0) is 54.7 Å². The first-order valence-corrected chi connectivity index (χ1v) is 11.6. The first kappa shape index (κ1) is 22.4. The summed E-state index contributed by atoms with van der Waals surface area (Å²) in [5.74, 6) is 0.102. The highest BCUT2D eigenvalue weighted by Crippen LogP contribution is 2.40. The zero-order valence-electron chi connectivity index (χ0n) is 18.7. The van der Waals surface area contributed by atoms with Crippen molar-refractivity contribution in [2.45, 2.75) is 26.0 Å². The number of fused-ring (bicyclic) bond motifs is 3. The number of nitrogens with one attached hydrogen (secondary N) is 1. The molecule has 0 saturated heterocycles. The number of aromatic nitrogens is 2. The van der Waals surface area contributed by atoms with Crippen LogP contribution in [-0.2, 0) is 25.0 Å². The predicted octanol–water partition coefficient (Wildman–Crippen LogP) is 3.94. The Labute approximate surface area is 201 Å². The van der Waals surface area contributed by atoms with Crippen molar-refractivity contribution in [2.75, 3.05) is 13.1 Å². The molecule has 1 aliphatic carbocycles. The highest BCUT2D eigenvalue weighted by molar-refractivity contribution is 6.31. The second-order valence-electron chi connectivity index (χ2n) is 8.77. The molecule has 2 aliphatic rings. The number of ether oxygens (including phenoxy) is 1. The van der Waals surface area contributed by atoms with Crippen LogP contribution < -0.4 is 10.1 Å². The van der Waals surface area contributed by atoms with E-state index in [0.29, 0.717) is 34.4 Å². The summed E-state index contributed by atoms with van der Waals surface area (Å²) < 4.78 is 21.3. The van der Waals surface area contributed by atoms with E-state index in [1.54, 1.807) is 42.1 Å². The number of carbonyl (C=O) groups is 2. The largest absolute Gasteiger partial charge is 0.488 e. The Morgan fingerprint density at radius 1 is 1.26 bits per heavy atom. The van der Waals surface area contributed by atoms with Crippen LogP contribution in [-0.4, -0.2) is 39.6 Å². The zero-order chi connectivity index (χ0) is 23.8. The Morgan fingerprint density at radius 3 is 2.85 bits per heavy atom. The minimum atomic E-state index is -0.420. The third-order valence-electron chi connectivity index (χ3n) is 6.09. The van der Waals surface area contributed by atoms with E-state index in [2.05, 4.69) is 10.4 Å². The van der Waals surface area contributed by atoms with Gasteiger partial charge in [0.1, 0.15) is 24.7 Å². The lowest BCUT2D eigenvalue weighted by Crippen LogP contribution is -2.41. The molecule has 0 radical (unpaired) electrons. The molecule has 2 amide bonds. The Balaban J connectivity index is 1.46. The summed E-state index contributed by atoms with van der Waals surface area (Å²) in [5.41, 5.74) is 2.92. The van der Waals surface area contributed by atoms with Gasteiger partial charge in [-0.15, -0.1) is 0 Å². The van der Waals surface area contributed by atoms with Crippen molar-refractivity contribution in [2.24, 2.45) is 13.0 Å². The summed E-state index contributed by atoms with van der Waals surface area (Å²) in [6, 6.07) is 11.3. The molecule has 9 heteroatoms. The quantitative estimate of drug-likeness (QED) is 0.553. The molecule has 1 aliphatic heterocycles. The molecule has 1 aromatic heterocycles. The third kappa shape index (κ3) is 4.63. The molecule has 7 nitrogen and oxygen atoms in total. The molecular formula is C25H24ClFN4O3. The van der Waals surface area contributed by atoms with Gasteiger partial charge in [-0.2, -0.15) is 5.10 Å². The van der Waals surface area contributed by atoms with Gasteiger partial charge in [-0.1, -0.05) is 23.7 Å². The molecule has 2 heterocycles. The van der Waals surface area contributed by atoms with E-state index in [1.165, 1.54) is 17.0 Å². The molecule has 34 heavy (non-hydrogen) atoms. The molecule has 176 valence electrons. The van der Waals surface area contributed by atoms with Crippen LogP contribution in [0.2, 0.25) is 5.02 Å². The van der Waals surface area contributed by atoms with Crippen LogP contribution in [0.3, 0.4) is 0 Å². The summed E-state index contributed by atoms with van der Waals surface area (Å²) in [6.07, 6.45) is 2.22. The standard InChI is InChI=1S/C25H24ClFN4O3/c1-30-24-19-10-17(26)7-8-21(19)34-14-20(24)23(29-30)25(33)31(12-16-3-2-4-18(27)9-16)13-22(32)28-11-15-5-6-15/h2-4,7-10,15H,5-6,11-14H2,1H3,(H,28,32). The molecule has 5 rings (SSSR count). The number of carbonyl (C=O) groups excluding carboxylic acids is 2. The molecule has 0 bridgehead atoms. The van der Waals surface area contributed by atoms with E-state index in [0.717, 1.165) is 24.1 Å². The SMILES string of the molecule is Cn1nc(C(=O)N(CC(=O)NCC2CC2)Cc2cccc(F)c2)c2c1-c1cc(Cl)ccc1OC2. The second-order valence-corrected chi connectivity index (χ2v) is 9.20. The Hall–Kier alpha value is -3.39. The van der Waals surface area contributed by atoms with Gasteiger partial charge in [-0.3, -0.25) is 14.3 Å². The second kappa shape index (κ2) is 9.10. The van der Waals surface area contributed by atoms with Gasteiger partial charge in [0, 0.05) is 36.3 Å². The molecule has 3 aromatic rings. The van der Waals surface area contributed by atoms with Crippen molar-refractivity contribution in [1.29, 1.82) is 0 Å². The zero-order valence-corrected chi connectivity index (χ0v) is 19.4. The number of rotatable bonds is 7. The molecule has 1 fully saturated rings. The number of halogens is 2. The number of hydrogen-bond acceptors (Lipinski definition) is 4. The van der Waals surface area contributed by atoms with Crippen LogP contribution in [0.5, 0.6) is 5.75 Å². The molecule has 0 atom stereocenters. The van der Waals surface area contributed by atoms with Gasteiger partial charge < -0.3 is 15.0 Å². The number of benzene rings is 2. The Morgan fingerprint density at radius 2 is 2.09 bits per heavy atom. The van der Waals surface area contributed by atoms with Gasteiger partial charge in [0.15, 0.2) is 5.69 Å². The molecule has 2 aromatic carbocycles. The smallest absolute Gasteiger partial charge is 0.275 e. The Kier molecular flexibility index (Phi) is 6.00. The van der Waals surface area contributed by atoms with E-state index in [-0.39, 0.29) is 31.3 Å². The van der Waals surface area contributed by atoms with Gasteiger partial charge in [-0.25, -0.2) is 4.39 Å². The highest BCUT2D eigenvalue weighted by atomic mass is 35.5. The van der Waals surface area contributed by atoms with Crippen molar-refractivity contribution < 1.29 is 18.7 Å². The lowest BCUT2D eigenvalue weighted by molar-refractivity contribution is -0.121. The van der Waals surface area contributed by atoms with E-state index in [4.69, 9.17) is 16.3 Å². The monoisotopic (exact) mass is 482 g/mol. The number of amides is 2. The van der Waals surface area contributed by atoms with Crippen molar-refractivity contribution in [3.05, 3.63) is 70.1 Å². The maximum absolute atomic E-state index is 13.8. The first-order chi connectivity index (χ1) is 16.4. The maximum atomic E-state index is 13.8. The fourth-order valence-electron chi connectivity index (χ4n) is 4.19. The van der Waals surface area contributed by atoms with Crippen molar-refractivity contribution >= 4 is 23.4 Å². The molecular weight excluding hydrogens is 459 g/mol. The van der Waals surface area contributed by atoms with Crippen molar-refractivity contribution in [3.8, 4) is 17.0 Å². The van der Waals surface area contributed by atoms with Crippen LogP contribution in [0.4, 0.5) is 4.39 Å². The van der Waals surface area contributed by atoms with Gasteiger partial charge in [0.2, 0.25) is 5.91 Å². The van der Waals surface area contributed by atoms with E-state index in [9.17, 15) is 14.0 Å². The van der Waals surface area contributed by atoms with Crippen LogP contribution in [0.1, 0.15) is 34.5 Å². The molecule has 1 saturated carbocycles. The predicted molar refractivity (Wildman–Crippen MR) is 125 cm³/mol. The summed E-state index contributed by atoms with van der Waals surface area (Å²) in [4.78, 5) is 27.7. The lowest BCUT2D eigenvalue weighted by Gasteiger charge is -2.23.